The Kier molecular flexibility index (Phi) is 3.61. The van der Waals surface area contributed by atoms with E-state index in [1.54, 1.807) is 17.8 Å². The van der Waals surface area contributed by atoms with Gasteiger partial charge < -0.3 is 10.6 Å². The van der Waals surface area contributed by atoms with Crippen molar-refractivity contribution in [2.24, 2.45) is 0 Å². The largest absolute Gasteiger partial charge is 0.372 e. The first-order valence-electron chi connectivity index (χ1n) is 5.06. The number of fused-ring (bicyclic) bond motifs is 1. The fourth-order valence-electron chi connectivity index (χ4n) is 1.66. The molecule has 1 atom stereocenters. The Bertz CT molecular complexity index is 411. The number of amides is 1. The first-order chi connectivity index (χ1) is 7.70. The van der Waals surface area contributed by atoms with Gasteiger partial charge in [-0.2, -0.15) is 11.8 Å². The second kappa shape index (κ2) is 4.97. The first kappa shape index (κ1) is 11.6. The van der Waals surface area contributed by atoms with Crippen molar-refractivity contribution in [3.05, 3.63) is 23.2 Å². The van der Waals surface area contributed by atoms with Crippen molar-refractivity contribution in [2.75, 3.05) is 22.6 Å². The van der Waals surface area contributed by atoms with Crippen LogP contribution >= 0.6 is 23.4 Å². The summed E-state index contributed by atoms with van der Waals surface area (Å²) < 4.78 is 0. The van der Waals surface area contributed by atoms with Crippen molar-refractivity contribution >= 4 is 40.6 Å². The quantitative estimate of drug-likeness (QED) is 0.874. The van der Waals surface area contributed by atoms with Gasteiger partial charge in [-0.05, 0) is 36.6 Å². The molecular weight excluding hydrogens is 244 g/mol. The summed E-state index contributed by atoms with van der Waals surface area (Å²) in [4.78, 5) is 11.7. The minimum atomic E-state index is -0.138. The third-order valence-corrected chi connectivity index (χ3v) is 3.38. The molecule has 86 valence electrons. The number of hydrogen-bond donors (Lipinski definition) is 2. The van der Waals surface area contributed by atoms with Gasteiger partial charge in [0.15, 0.2) is 0 Å². The molecule has 2 rings (SSSR count). The van der Waals surface area contributed by atoms with Crippen molar-refractivity contribution in [1.29, 1.82) is 0 Å². The smallest absolute Gasteiger partial charge is 0.246 e. The number of hydrogen-bond acceptors (Lipinski definition) is 3. The van der Waals surface area contributed by atoms with Crippen LogP contribution in [0.15, 0.2) is 18.2 Å². The number of nitrogens with one attached hydrogen (secondary N) is 2. The third-order valence-electron chi connectivity index (χ3n) is 2.50. The van der Waals surface area contributed by atoms with Crippen molar-refractivity contribution in [3.8, 4) is 0 Å². The lowest BCUT2D eigenvalue weighted by atomic mass is 10.1. The highest BCUT2D eigenvalue weighted by Crippen LogP contribution is 2.30. The normalized spacial score (nSPS) is 18.6. The third kappa shape index (κ3) is 2.44. The van der Waals surface area contributed by atoms with Crippen LogP contribution in [0.4, 0.5) is 11.4 Å². The van der Waals surface area contributed by atoms with Crippen LogP contribution in [0.25, 0.3) is 0 Å². The number of carbonyl (C=O) groups excluding carboxylic acids is 1. The van der Waals surface area contributed by atoms with Crippen LogP contribution in [0.3, 0.4) is 0 Å². The predicted molar refractivity (Wildman–Crippen MR) is 70.5 cm³/mol. The number of benzene rings is 1. The monoisotopic (exact) mass is 256 g/mol. The summed E-state index contributed by atoms with van der Waals surface area (Å²) in [5.41, 5.74) is 1.70. The van der Waals surface area contributed by atoms with Gasteiger partial charge in [0.05, 0.1) is 11.4 Å². The van der Waals surface area contributed by atoms with E-state index in [4.69, 9.17) is 11.6 Å². The second-order valence-electron chi connectivity index (χ2n) is 3.66. The van der Waals surface area contributed by atoms with E-state index in [9.17, 15) is 4.79 Å². The SMILES string of the molecule is CSCCC1Nc2ccc(Cl)cc2NC1=O. The van der Waals surface area contributed by atoms with Crippen LogP contribution in [0.5, 0.6) is 0 Å². The number of halogens is 1. The highest BCUT2D eigenvalue weighted by molar-refractivity contribution is 7.98. The molecule has 3 nitrogen and oxygen atoms in total. The van der Waals surface area contributed by atoms with E-state index in [2.05, 4.69) is 10.6 Å². The second-order valence-corrected chi connectivity index (χ2v) is 5.08. The molecule has 1 aliphatic heterocycles. The molecule has 0 spiro atoms. The van der Waals surface area contributed by atoms with Crippen molar-refractivity contribution < 1.29 is 4.79 Å². The standard InChI is InChI=1S/C11H13ClN2OS/c1-16-5-4-9-11(15)14-10-6-7(12)2-3-8(10)13-9/h2-3,6,9,13H,4-5H2,1H3,(H,14,15). The van der Waals surface area contributed by atoms with E-state index >= 15 is 0 Å². The molecule has 1 aromatic carbocycles. The van der Waals surface area contributed by atoms with Crippen LogP contribution in [0.2, 0.25) is 5.02 Å². The molecule has 1 heterocycles. The lowest BCUT2D eigenvalue weighted by Crippen LogP contribution is -2.39. The highest BCUT2D eigenvalue weighted by atomic mass is 35.5. The van der Waals surface area contributed by atoms with Gasteiger partial charge in [0.1, 0.15) is 6.04 Å². The zero-order chi connectivity index (χ0) is 11.5. The fraction of sp³-hybridized carbons (Fsp3) is 0.364. The molecule has 0 saturated heterocycles. The summed E-state index contributed by atoms with van der Waals surface area (Å²) in [6.07, 6.45) is 2.86. The Morgan fingerprint density at radius 1 is 1.44 bits per heavy atom. The molecule has 0 bridgehead atoms. The van der Waals surface area contributed by atoms with Crippen LogP contribution < -0.4 is 10.6 Å². The molecule has 16 heavy (non-hydrogen) atoms. The Hall–Kier alpha value is -0.870. The molecule has 0 radical (unpaired) electrons. The molecule has 1 aliphatic rings. The summed E-state index contributed by atoms with van der Waals surface area (Å²) in [6.45, 7) is 0. The number of thioether (sulfide) groups is 1. The van der Waals surface area contributed by atoms with Crippen molar-refractivity contribution in [3.63, 3.8) is 0 Å². The highest BCUT2D eigenvalue weighted by Gasteiger charge is 2.24. The van der Waals surface area contributed by atoms with Gasteiger partial charge in [-0.3, -0.25) is 4.79 Å². The summed E-state index contributed by atoms with van der Waals surface area (Å²) in [7, 11) is 0. The topological polar surface area (TPSA) is 41.1 Å². The summed E-state index contributed by atoms with van der Waals surface area (Å²) in [6, 6.07) is 5.33. The maximum Gasteiger partial charge on any atom is 0.246 e. The molecule has 0 fully saturated rings. The van der Waals surface area contributed by atoms with Gasteiger partial charge >= 0.3 is 0 Å². The maximum atomic E-state index is 11.7. The summed E-state index contributed by atoms with van der Waals surface area (Å²) in [5.74, 6) is 0.984. The van der Waals surface area contributed by atoms with E-state index in [0.717, 1.165) is 23.5 Å². The summed E-state index contributed by atoms with van der Waals surface area (Å²) in [5, 5.41) is 6.72. The van der Waals surface area contributed by atoms with E-state index in [1.807, 2.05) is 18.4 Å². The van der Waals surface area contributed by atoms with Crippen LogP contribution in [-0.2, 0) is 4.79 Å². The zero-order valence-corrected chi connectivity index (χ0v) is 10.5. The zero-order valence-electron chi connectivity index (χ0n) is 8.92. The number of anilines is 2. The molecule has 0 saturated carbocycles. The Morgan fingerprint density at radius 2 is 2.25 bits per heavy atom. The van der Waals surface area contributed by atoms with Crippen LogP contribution in [0, 0.1) is 0 Å². The molecule has 5 heteroatoms. The Morgan fingerprint density at radius 3 is 3.00 bits per heavy atom. The Balaban J connectivity index is 2.15. The van der Waals surface area contributed by atoms with E-state index in [0.29, 0.717) is 5.02 Å². The van der Waals surface area contributed by atoms with Gasteiger partial charge in [-0.25, -0.2) is 0 Å². The van der Waals surface area contributed by atoms with E-state index in [1.165, 1.54) is 0 Å². The van der Waals surface area contributed by atoms with Gasteiger partial charge in [-0.1, -0.05) is 11.6 Å². The first-order valence-corrected chi connectivity index (χ1v) is 6.84. The van der Waals surface area contributed by atoms with Crippen LogP contribution in [0.1, 0.15) is 6.42 Å². The molecule has 1 aromatic rings. The van der Waals surface area contributed by atoms with Crippen molar-refractivity contribution in [2.45, 2.75) is 12.5 Å². The van der Waals surface area contributed by atoms with Gasteiger partial charge in [0, 0.05) is 5.02 Å². The average molecular weight is 257 g/mol. The molecule has 0 aromatic heterocycles. The Labute approximate surface area is 104 Å². The average Bonchev–Trinajstić information content (AvgIpc) is 2.26. The maximum absolute atomic E-state index is 11.7. The number of carbonyl (C=O) groups is 1. The molecular formula is C11H13ClN2OS. The minimum absolute atomic E-state index is 0.0174. The van der Waals surface area contributed by atoms with Crippen molar-refractivity contribution in [1.82, 2.24) is 0 Å². The number of rotatable bonds is 3. The van der Waals surface area contributed by atoms with E-state index in [-0.39, 0.29) is 11.9 Å². The van der Waals surface area contributed by atoms with E-state index < -0.39 is 0 Å². The van der Waals surface area contributed by atoms with Gasteiger partial charge in [0.25, 0.3) is 0 Å². The predicted octanol–water partition coefficient (Wildman–Crippen LogP) is 2.83. The molecule has 0 aliphatic carbocycles. The van der Waals surface area contributed by atoms with Crippen LogP contribution in [-0.4, -0.2) is 24.0 Å². The molecule has 2 N–H and O–H groups in total. The lowest BCUT2D eigenvalue weighted by Gasteiger charge is -2.26. The molecule has 1 unspecified atom stereocenters. The lowest BCUT2D eigenvalue weighted by molar-refractivity contribution is -0.117. The van der Waals surface area contributed by atoms with Gasteiger partial charge in [0.2, 0.25) is 5.91 Å². The molecule has 1 amide bonds. The summed E-state index contributed by atoms with van der Waals surface area (Å²) >= 11 is 7.60. The fourth-order valence-corrected chi connectivity index (χ4v) is 2.30. The van der Waals surface area contributed by atoms with Gasteiger partial charge in [-0.15, -0.1) is 0 Å². The minimum Gasteiger partial charge on any atom is -0.372 e.